The van der Waals surface area contributed by atoms with Crippen LogP contribution in [0.25, 0.3) is 0 Å². The molecule has 12 heteroatoms. The van der Waals surface area contributed by atoms with Crippen molar-refractivity contribution in [3.63, 3.8) is 0 Å². The van der Waals surface area contributed by atoms with E-state index in [0.717, 1.165) is 11.1 Å². The van der Waals surface area contributed by atoms with Crippen molar-refractivity contribution in [3.8, 4) is 5.75 Å². The minimum Gasteiger partial charge on any atom is -0.497 e. The SMILES string of the molecule is COc1ccc(S(=O)(=O)N2[C@@H](CCc3c(F)cccc3NC(=O)[C@@H](N)[C@@H](Cc3ccc(F)cc3)c3ccc(Cl)cc3)CNC[C@@H]2C)cc1. The number of rotatable bonds is 12. The number of carbonyl (C=O) groups is 1. The van der Waals surface area contributed by atoms with Gasteiger partial charge in [-0.2, -0.15) is 4.31 Å². The zero-order chi connectivity index (χ0) is 34.4. The molecule has 1 aliphatic heterocycles. The van der Waals surface area contributed by atoms with Gasteiger partial charge in [-0.1, -0.05) is 41.9 Å². The predicted molar refractivity (Wildman–Crippen MR) is 184 cm³/mol. The van der Waals surface area contributed by atoms with Crippen molar-refractivity contribution in [2.24, 2.45) is 5.73 Å². The van der Waals surface area contributed by atoms with Crippen LogP contribution in [0, 0.1) is 11.6 Å². The molecule has 1 aliphatic rings. The topological polar surface area (TPSA) is 114 Å². The number of amides is 1. The lowest BCUT2D eigenvalue weighted by Gasteiger charge is -2.40. The summed E-state index contributed by atoms with van der Waals surface area (Å²) in [6, 6.07) is 21.8. The van der Waals surface area contributed by atoms with Gasteiger partial charge in [0.2, 0.25) is 15.9 Å². The Labute approximate surface area is 285 Å². The van der Waals surface area contributed by atoms with Crippen LogP contribution < -0.4 is 21.1 Å². The molecule has 0 spiro atoms. The van der Waals surface area contributed by atoms with E-state index in [1.807, 2.05) is 6.92 Å². The highest BCUT2D eigenvalue weighted by molar-refractivity contribution is 7.89. The maximum Gasteiger partial charge on any atom is 0.243 e. The molecule has 0 bridgehead atoms. The number of halogens is 3. The van der Waals surface area contributed by atoms with Crippen LogP contribution in [0.1, 0.15) is 36.0 Å². The number of nitrogens with zero attached hydrogens (tertiary/aromatic N) is 1. The molecule has 0 saturated carbocycles. The third-order valence-corrected chi connectivity index (χ3v) is 11.1. The molecule has 48 heavy (non-hydrogen) atoms. The molecule has 4 aromatic rings. The lowest BCUT2D eigenvalue weighted by Crippen LogP contribution is -2.58. The Hall–Kier alpha value is -3.87. The van der Waals surface area contributed by atoms with Gasteiger partial charge in [-0.25, -0.2) is 17.2 Å². The largest absolute Gasteiger partial charge is 0.497 e. The Morgan fingerprint density at radius 3 is 2.38 bits per heavy atom. The van der Waals surface area contributed by atoms with Crippen LogP contribution in [0.4, 0.5) is 14.5 Å². The van der Waals surface area contributed by atoms with Crippen molar-refractivity contribution in [2.45, 2.75) is 55.1 Å². The second-order valence-corrected chi connectivity index (χ2v) is 14.3. The van der Waals surface area contributed by atoms with Gasteiger partial charge in [-0.3, -0.25) is 4.79 Å². The predicted octanol–water partition coefficient (Wildman–Crippen LogP) is 5.90. The molecule has 4 aromatic carbocycles. The summed E-state index contributed by atoms with van der Waals surface area (Å²) < 4.78 is 63.3. The molecule has 254 valence electrons. The normalized spacial score (nSPS) is 18.2. The second-order valence-electron chi connectivity index (χ2n) is 12.0. The fourth-order valence-corrected chi connectivity index (χ4v) is 8.18. The number of methoxy groups -OCH3 is 1. The van der Waals surface area contributed by atoms with E-state index in [2.05, 4.69) is 10.6 Å². The van der Waals surface area contributed by atoms with Crippen LogP contribution in [0.5, 0.6) is 5.75 Å². The summed E-state index contributed by atoms with van der Waals surface area (Å²) in [5.74, 6) is -1.38. The van der Waals surface area contributed by atoms with E-state index in [0.29, 0.717) is 36.7 Å². The number of sulfonamides is 1. The summed E-state index contributed by atoms with van der Waals surface area (Å²) in [6.45, 7) is 2.68. The smallest absolute Gasteiger partial charge is 0.243 e. The molecule has 4 N–H and O–H groups in total. The molecule has 0 aliphatic carbocycles. The van der Waals surface area contributed by atoms with Crippen LogP contribution in [0.3, 0.4) is 0 Å². The summed E-state index contributed by atoms with van der Waals surface area (Å²) in [4.78, 5) is 13.8. The van der Waals surface area contributed by atoms with Gasteiger partial charge >= 0.3 is 0 Å². The Morgan fingerprint density at radius 2 is 1.71 bits per heavy atom. The van der Waals surface area contributed by atoms with Crippen molar-refractivity contribution in [1.29, 1.82) is 0 Å². The van der Waals surface area contributed by atoms with Gasteiger partial charge in [0.05, 0.1) is 18.0 Å². The summed E-state index contributed by atoms with van der Waals surface area (Å²) in [5, 5.41) is 6.65. The number of piperazine rings is 1. The van der Waals surface area contributed by atoms with Gasteiger partial charge in [0, 0.05) is 47.4 Å². The highest BCUT2D eigenvalue weighted by Crippen LogP contribution is 2.30. The number of nitrogens with two attached hydrogens (primary N) is 1. The molecule has 5 rings (SSSR count). The van der Waals surface area contributed by atoms with E-state index in [1.54, 1.807) is 54.6 Å². The molecule has 0 unspecified atom stereocenters. The lowest BCUT2D eigenvalue weighted by molar-refractivity contribution is -0.117. The van der Waals surface area contributed by atoms with Crippen molar-refractivity contribution in [2.75, 3.05) is 25.5 Å². The van der Waals surface area contributed by atoms with E-state index >= 15 is 4.39 Å². The van der Waals surface area contributed by atoms with Crippen molar-refractivity contribution in [3.05, 3.63) is 124 Å². The van der Waals surface area contributed by atoms with E-state index in [1.165, 1.54) is 47.8 Å². The maximum atomic E-state index is 15.4. The molecule has 0 aromatic heterocycles. The van der Waals surface area contributed by atoms with Crippen LogP contribution >= 0.6 is 11.6 Å². The van der Waals surface area contributed by atoms with Gasteiger partial charge in [0.15, 0.2) is 0 Å². The van der Waals surface area contributed by atoms with Crippen molar-refractivity contribution >= 4 is 33.2 Å². The minimum atomic E-state index is -3.88. The first kappa shape index (κ1) is 35.4. The van der Waals surface area contributed by atoms with Gasteiger partial charge in [0.1, 0.15) is 17.4 Å². The maximum absolute atomic E-state index is 15.4. The van der Waals surface area contributed by atoms with Crippen LogP contribution in [0.2, 0.25) is 5.02 Å². The number of ether oxygens (including phenoxy) is 1. The van der Waals surface area contributed by atoms with E-state index < -0.39 is 39.7 Å². The van der Waals surface area contributed by atoms with Crippen LogP contribution in [-0.4, -0.2) is 57.0 Å². The van der Waals surface area contributed by atoms with Gasteiger partial charge < -0.3 is 21.1 Å². The van der Waals surface area contributed by atoms with Gasteiger partial charge in [0.25, 0.3) is 0 Å². The Balaban J connectivity index is 1.35. The molecule has 1 amide bonds. The van der Waals surface area contributed by atoms with Crippen LogP contribution in [0.15, 0.2) is 95.9 Å². The highest BCUT2D eigenvalue weighted by atomic mass is 35.5. The molecule has 4 atom stereocenters. The Morgan fingerprint density at radius 1 is 1.02 bits per heavy atom. The third-order valence-electron chi connectivity index (χ3n) is 8.76. The number of hydrogen-bond donors (Lipinski definition) is 3. The molecule has 1 fully saturated rings. The summed E-state index contributed by atoms with van der Waals surface area (Å²) >= 11 is 6.11. The molecular formula is C36H39ClF2N4O4S. The highest BCUT2D eigenvalue weighted by Gasteiger charge is 2.38. The molecular weight excluding hydrogens is 658 g/mol. The van der Waals surface area contributed by atoms with Gasteiger partial charge in [-0.05, 0) is 98.0 Å². The monoisotopic (exact) mass is 696 g/mol. The lowest BCUT2D eigenvalue weighted by atomic mass is 9.85. The van der Waals surface area contributed by atoms with Gasteiger partial charge in [-0.15, -0.1) is 0 Å². The quantitative estimate of drug-likeness (QED) is 0.170. The zero-order valence-electron chi connectivity index (χ0n) is 26.7. The standard InChI is InChI=1S/C36H39ClF2N4O4S/c1-23-21-41-22-28(43(23)48(45,46)30-17-15-29(47-2)16-18-30)14-19-31-33(39)4-3-5-34(31)42-36(44)35(40)32(25-8-10-26(37)11-9-25)20-24-6-12-27(38)13-7-24/h3-13,15-18,23,28,32,35,41H,14,19-22,40H2,1-2H3,(H,42,44)/t23-,28-,32-,35-/m0/s1. The van der Waals surface area contributed by atoms with Crippen molar-refractivity contribution in [1.82, 2.24) is 9.62 Å². The number of carbonyl (C=O) groups excluding carboxylic acids is 1. The summed E-state index contributed by atoms with van der Waals surface area (Å²) in [6.07, 6.45) is 0.792. The minimum absolute atomic E-state index is 0.144. The average Bonchev–Trinajstić information content (AvgIpc) is 3.08. The first-order valence-electron chi connectivity index (χ1n) is 15.7. The summed E-state index contributed by atoms with van der Waals surface area (Å²) in [7, 11) is -2.37. The second kappa shape index (κ2) is 15.6. The fraction of sp³-hybridized carbons (Fsp3) is 0.306. The number of hydrogen-bond acceptors (Lipinski definition) is 6. The van der Waals surface area contributed by atoms with Crippen molar-refractivity contribution < 1.29 is 26.7 Å². The summed E-state index contributed by atoms with van der Waals surface area (Å²) in [5.41, 5.74) is 8.65. The number of nitrogens with one attached hydrogen (secondary N) is 2. The average molecular weight is 697 g/mol. The molecule has 0 radical (unpaired) electrons. The Kier molecular flexibility index (Phi) is 11.5. The molecule has 1 saturated heterocycles. The first-order chi connectivity index (χ1) is 23.0. The van der Waals surface area contributed by atoms with E-state index in [4.69, 9.17) is 22.1 Å². The molecule has 8 nitrogen and oxygen atoms in total. The number of benzene rings is 4. The number of anilines is 1. The fourth-order valence-electron chi connectivity index (χ4n) is 6.21. The molecule has 1 heterocycles. The third kappa shape index (κ3) is 8.22. The van der Waals surface area contributed by atoms with Crippen LogP contribution in [-0.2, 0) is 27.7 Å². The Bertz CT molecular complexity index is 1810. The van der Waals surface area contributed by atoms with E-state index in [-0.39, 0.29) is 34.4 Å². The zero-order valence-corrected chi connectivity index (χ0v) is 28.3. The first-order valence-corrected chi connectivity index (χ1v) is 17.5. The van der Waals surface area contributed by atoms with E-state index in [9.17, 15) is 17.6 Å².